The Labute approximate surface area is 222 Å². The number of furan rings is 1. The lowest BCUT2D eigenvalue weighted by molar-refractivity contribution is -0.123. The minimum absolute atomic E-state index is 0.0217. The third-order valence-corrected chi connectivity index (χ3v) is 7.68. The molecule has 0 saturated carbocycles. The molecule has 0 bridgehead atoms. The molecule has 0 radical (unpaired) electrons. The summed E-state index contributed by atoms with van der Waals surface area (Å²) in [5.74, 6) is -0.690. The minimum Gasteiger partial charge on any atom is -0.507 e. The predicted molar refractivity (Wildman–Crippen MR) is 141 cm³/mol. The van der Waals surface area contributed by atoms with Crippen LogP contribution in [-0.2, 0) is 15.0 Å². The van der Waals surface area contributed by atoms with Crippen molar-refractivity contribution in [3.8, 4) is 17.2 Å². The van der Waals surface area contributed by atoms with Crippen molar-refractivity contribution < 1.29 is 33.8 Å². The van der Waals surface area contributed by atoms with Crippen LogP contribution >= 0.6 is 0 Å². The van der Waals surface area contributed by atoms with Crippen LogP contribution in [0.1, 0.15) is 87.0 Å². The number of ketones is 3. The highest BCUT2D eigenvalue weighted by molar-refractivity contribution is 6.31. The van der Waals surface area contributed by atoms with E-state index in [1.807, 2.05) is 12.1 Å². The van der Waals surface area contributed by atoms with Crippen LogP contribution in [0.5, 0.6) is 17.2 Å². The second kappa shape index (κ2) is 10.2. The van der Waals surface area contributed by atoms with Gasteiger partial charge in [0.2, 0.25) is 0 Å². The number of phenolic OH excluding ortho intramolecular Hbond substituents is 2. The normalized spacial score (nSPS) is 20.6. The number of hydrogen-bond donors (Lipinski definition) is 3. The summed E-state index contributed by atoms with van der Waals surface area (Å²) in [6.07, 6.45) is 5.65. The van der Waals surface area contributed by atoms with Gasteiger partial charge in [-0.05, 0) is 58.6 Å². The van der Waals surface area contributed by atoms with Gasteiger partial charge in [0.15, 0.2) is 17.3 Å². The number of benzene rings is 1. The number of nitrogens with one attached hydrogen (secondary N) is 1. The van der Waals surface area contributed by atoms with E-state index in [0.717, 1.165) is 25.0 Å². The second-order valence-electron chi connectivity index (χ2n) is 10.8. The number of allylic oxidation sites excluding steroid dienone is 4. The van der Waals surface area contributed by atoms with E-state index in [9.17, 15) is 24.6 Å². The summed E-state index contributed by atoms with van der Waals surface area (Å²) in [6.45, 7) is 10.8. The van der Waals surface area contributed by atoms with Crippen LogP contribution in [0.2, 0.25) is 0 Å². The Morgan fingerprint density at radius 3 is 2.42 bits per heavy atom. The summed E-state index contributed by atoms with van der Waals surface area (Å²) in [5, 5.41) is 24.7. The molecule has 1 aliphatic carbocycles. The van der Waals surface area contributed by atoms with Crippen LogP contribution < -0.4 is 10.1 Å². The lowest BCUT2D eigenvalue weighted by Crippen LogP contribution is -2.41. The molecule has 1 unspecified atom stereocenters. The molecule has 3 N–H and O–H groups in total. The first-order chi connectivity index (χ1) is 17.9. The van der Waals surface area contributed by atoms with Crippen molar-refractivity contribution in [3.05, 3.63) is 64.0 Å². The summed E-state index contributed by atoms with van der Waals surface area (Å²) in [5.41, 5.74) is -1.11. The van der Waals surface area contributed by atoms with Gasteiger partial charge in [-0.25, -0.2) is 0 Å². The quantitative estimate of drug-likeness (QED) is 0.229. The van der Waals surface area contributed by atoms with E-state index >= 15 is 0 Å². The van der Waals surface area contributed by atoms with E-state index in [0.29, 0.717) is 18.2 Å². The number of aromatic hydroxyl groups is 2. The molecule has 0 spiro atoms. The highest BCUT2D eigenvalue weighted by atomic mass is 16.5. The molecule has 8 heteroatoms. The third kappa shape index (κ3) is 4.42. The molecule has 0 fully saturated rings. The highest BCUT2D eigenvalue weighted by Crippen LogP contribution is 2.57. The standard InChI is InChI=1S/C30H35NO7/c1-15(2)9-10-19(21-8-7-13-37-21)11-12-31-17(4)23-20(33)14-22-30(6,29(23)36)25-27(35)16(3)26(34)24(18(5)32)28(25)38-22/h7-8,13-15,19,31,34-35H,9-12H2,1-6H3/t19?,30-/m0/s1. The SMILES string of the molecule is CC(=O)c1c(O)c(C)c(O)c2c1OC1=CC(=O)C(=C(C)NCCC(CCC(C)C)c3ccco3)C(=O)[C@@]12C. The fourth-order valence-electron chi connectivity index (χ4n) is 5.37. The van der Waals surface area contributed by atoms with Crippen molar-refractivity contribution >= 4 is 17.3 Å². The van der Waals surface area contributed by atoms with E-state index in [1.54, 1.807) is 20.1 Å². The number of rotatable bonds is 9. The van der Waals surface area contributed by atoms with Gasteiger partial charge in [-0.1, -0.05) is 20.3 Å². The van der Waals surface area contributed by atoms with Gasteiger partial charge < -0.3 is 24.7 Å². The third-order valence-electron chi connectivity index (χ3n) is 7.68. The zero-order valence-corrected chi connectivity index (χ0v) is 22.7. The second-order valence-corrected chi connectivity index (χ2v) is 10.8. The van der Waals surface area contributed by atoms with Crippen LogP contribution in [0, 0.1) is 12.8 Å². The van der Waals surface area contributed by atoms with E-state index < -0.39 is 28.5 Å². The molecule has 1 aromatic carbocycles. The Morgan fingerprint density at radius 1 is 1.11 bits per heavy atom. The molecule has 1 aliphatic heterocycles. The van der Waals surface area contributed by atoms with Gasteiger partial charge in [-0.2, -0.15) is 0 Å². The highest BCUT2D eigenvalue weighted by Gasteiger charge is 2.56. The van der Waals surface area contributed by atoms with Crippen LogP contribution in [0.25, 0.3) is 0 Å². The molecule has 38 heavy (non-hydrogen) atoms. The fraction of sp³-hybridized carbons (Fsp3) is 0.433. The zero-order chi connectivity index (χ0) is 27.9. The number of carbonyl (C=O) groups excluding carboxylic acids is 3. The summed E-state index contributed by atoms with van der Waals surface area (Å²) in [7, 11) is 0. The number of fused-ring (bicyclic) bond motifs is 3. The van der Waals surface area contributed by atoms with Crippen LogP contribution in [0.3, 0.4) is 0 Å². The first-order valence-electron chi connectivity index (χ1n) is 13.0. The van der Waals surface area contributed by atoms with Crippen molar-refractivity contribution in [2.24, 2.45) is 5.92 Å². The van der Waals surface area contributed by atoms with Crippen LogP contribution in [0.15, 0.2) is 45.9 Å². The Kier molecular flexibility index (Phi) is 7.28. The number of hydrogen-bond acceptors (Lipinski definition) is 8. The number of carbonyl (C=O) groups is 3. The molecule has 0 amide bonds. The van der Waals surface area contributed by atoms with Gasteiger partial charge in [0, 0.05) is 29.8 Å². The fourth-order valence-corrected chi connectivity index (χ4v) is 5.37. The molecular formula is C30H35NO7. The van der Waals surface area contributed by atoms with Gasteiger partial charge in [0.05, 0.1) is 17.4 Å². The van der Waals surface area contributed by atoms with Crippen LogP contribution in [-0.4, -0.2) is 34.1 Å². The smallest absolute Gasteiger partial charge is 0.194 e. The van der Waals surface area contributed by atoms with Crippen LogP contribution in [0.4, 0.5) is 0 Å². The maximum atomic E-state index is 13.9. The predicted octanol–water partition coefficient (Wildman–Crippen LogP) is 5.36. The first kappa shape index (κ1) is 27.2. The largest absolute Gasteiger partial charge is 0.507 e. The lowest BCUT2D eigenvalue weighted by atomic mass is 9.70. The Hall–Kier alpha value is -3.81. The molecule has 2 aromatic rings. The molecule has 202 valence electrons. The van der Waals surface area contributed by atoms with Gasteiger partial charge in [0.25, 0.3) is 0 Å². The van der Waals surface area contributed by atoms with E-state index in [4.69, 9.17) is 9.15 Å². The average Bonchev–Trinajstić information content (AvgIpc) is 3.47. The van der Waals surface area contributed by atoms with Crippen molar-refractivity contribution in [1.82, 2.24) is 5.32 Å². The molecule has 4 rings (SSSR count). The lowest BCUT2D eigenvalue weighted by Gasteiger charge is -2.29. The molecule has 2 atom stereocenters. The molecule has 2 aliphatic rings. The van der Waals surface area contributed by atoms with Crippen molar-refractivity contribution in [3.63, 3.8) is 0 Å². The summed E-state index contributed by atoms with van der Waals surface area (Å²) >= 11 is 0. The van der Waals surface area contributed by atoms with Gasteiger partial charge in [-0.3, -0.25) is 14.4 Å². The molecule has 1 aromatic heterocycles. The minimum atomic E-state index is -1.53. The average molecular weight is 522 g/mol. The van der Waals surface area contributed by atoms with Gasteiger partial charge in [-0.15, -0.1) is 0 Å². The summed E-state index contributed by atoms with van der Waals surface area (Å²) in [6, 6.07) is 3.84. The van der Waals surface area contributed by atoms with E-state index in [1.165, 1.54) is 19.9 Å². The van der Waals surface area contributed by atoms with Crippen molar-refractivity contribution in [2.75, 3.05) is 6.54 Å². The molecule has 0 saturated heterocycles. The van der Waals surface area contributed by atoms with E-state index in [-0.39, 0.29) is 45.4 Å². The molecular weight excluding hydrogens is 486 g/mol. The van der Waals surface area contributed by atoms with Crippen molar-refractivity contribution in [2.45, 2.75) is 72.1 Å². The summed E-state index contributed by atoms with van der Waals surface area (Å²) < 4.78 is 11.5. The molecule has 8 nitrogen and oxygen atoms in total. The Morgan fingerprint density at radius 2 is 1.82 bits per heavy atom. The van der Waals surface area contributed by atoms with Crippen molar-refractivity contribution in [1.29, 1.82) is 0 Å². The maximum absolute atomic E-state index is 13.9. The Balaban J connectivity index is 1.65. The summed E-state index contributed by atoms with van der Waals surface area (Å²) in [4.78, 5) is 39.4. The number of ether oxygens (including phenoxy) is 1. The van der Waals surface area contributed by atoms with Gasteiger partial charge in [0.1, 0.15) is 39.7 Å². The Bertz CT molecular complexity index is 1360. The number of Topliss-reactive ketones (excluding diaryl/α,β-unsaturated/α-hetero) is 2. The molecule has 2 heterocycles. The maximum Gasteiger partial charge on any atom is 0.194 e. The zero-order valence-electron chi connectivity index (χ0n) is 22.7. The monoisotopic (exact) mass is 521 g/mol. The number of phenols is 2. The van der Waals surface area contributed by atoms with Gasteiger partial charge >= 0.3 is 0 Å². The van der Waals surface area contributed by atoms with E-state index in [2.05, 4.69) is 19.2 Å². The first-order valence-corrected chi connectivity index (χ1v) is 13.0. The topological polar surface area (TPSA) is 126 Å².